The Bertz CT molecular complexity index is 1080. The van der Waals surface area contributed by atoms with Crippen molar-refractivity contribution < 1.29 is 31.3 Å². The van der Waals surface area contributed by atoms with Crippen molar-refractivity contribution in [1.29, 1.82) is 0 Å². The van der Waals surface area contributed by atoms with Crippen molar-refractivity contribution in [3.8, 4) is 0 Å². The summed E-state index contributed by atoms with van der Waals surface area (Å²) in [4.78, 5) is 22.1. The molecular formula is C18H16F3N3O5S. The summed E-state index contributed by atoms with van der Waals surface area (Å²) >= 11 is 0. The first-order valence-electron chi connectivity index (χ1n) is 8.80. The van der Waals surface area contributed by atoms with Gasteiger partial charge in [0.25, 0.3) is 11.6 Å². The quantitative estimate of drug-likeness (QED) is 0.434. The second-order valence-electron chi connectivity index (χ2n) is 6.63. The van der Waals surface area contributed by atoms with Gasteiger partial charge in [-0.1, -0.05) is 0 Å². The van der Waals surface area contributed by atoms with Gasteiger partial charge in [0.05, 0.1) is 15.4 Å². The Hall–Kier alpha value is -2.99. The molecule has 0 saturated carbocycles. The Labute approximate surface area is 169 Å². The molecule has 0 unspecified atom stereocenters. The van der Waals surface area contributed by atoms with Crippen molar-refractivity contribution in [1.82, 2.24) is 9.62 Å². The van der Waals surface area contributed by atoms with Gasteiger partial charge >= 0.3 is 0 Å². The van der Waals surface area contributed by atoms with Crippen LogP contribution in [0.2, 0.25) is 0 Å². The predicted octanol–water partition coefficient (Wildman–Crippen LogP) is 2.60. The Morgan fingerprint density at radius 2 is 1.63 bits per heavy atom. The smallest absolute Gasteiger partial charge is 0.269 e. The average molecular weight is 443 g/mol. The van der Waals surface area contributed by atoms with E-state index < -0.39 is 49.9 Å². The number of nitrogens with one attached hydrogen (secondary N) is 1. The van der Waals surface area contributed by atoms with E-state index in [-0.39, 0.29) is 36.5 Å². The maximum Gasteiger partial charge on any atom is 0.269 e. The number of non-ortho nitro benzene ring substituents is 1. The number of nitro benzene ring substituents is 1. The van der Waals surface area contributed by atoms with Gasteiger partial charge in [-0.2, -0.15) is 4.31 Å². The number of hydrogen-bond donors (Lipinski definition) is 1. The zero-order chi connectivity index (χ0) is 22.1. The van der Waals surface area contributed by atoms with Gasteiger partial charge in [0.1, 0.15) is 0 Å². The highest BCUT2D eigenvalue weighted by Gasteiger charge is 2.31. The summed E-state index contributed by atoms with van der Waals surface area (Å²) in [7, 11) is -3.88. The molecule has 0 bridgehead atoms. The second-order valence-corrected chi connectivity index (χ2v) is 8.56. The Balaban J connectivity index is 1.63. The van der Waals surface area contributed by atoms with E-state index in [1.165, 1.54) is 4.31 Å². The highest BCUT2D eigenvalue weighted by atomic mass is 32.2. The molecule has 3 rings (SSSR count). The molecule has 1 amide bonds. The molecule has 1 N–H and O–H groups in total. The average Bonchev–Trinajstić information content (AvgIpc) is 2.72. The van der Waals surface area contributed by atoms with Gasteiger partial charge < -0.3 is 5.32 Å². The molecule has 2 aromatic rings. The summed E-state index contributed by atoms with van der Waals surface area (Å²) in [5.41, 5.74) is -0.880. The van der Waals surface area contributed by atoms with Crippen LogP contribution in [-0.4, -0.2) is 42.7 Å². The van der Waals surface area contributed by atoms with Crippen LogP contribution < -0.4 is 5.32 Å². The fraction of sp³-hybridized carbons (Fsp3) is 0.278. The molecule has 1 fully saturated rings. The van der Waals surface area contributed by atoms with Crippen LogP contribution in [-0.2, 0) is 10.0 Å². The minimum atomic E-state index is -3.88. The molecule has 2 aromatic carbocycles. The lowest BCUT2D eigenvalue weighted by molar-refractivity contribution is -0.384. The molecule has 1 aliphatic heterocycles. The highest BCUT2D eigenvalue weighted by molar-refractivity contribution is 7.89. The summed E-state index contributed by atoms with van der Waals surface area (Å²) in [6.07, 6.45) is 0.423. The molecule has 0 atom stereocenters. The Morgan fingerprint density at radius 1 is 1.03 bits per heavy atom. The maximum absolute atomic E-state index is 13.7. The number of nitro groups is 1. The molecule has 30 heavy (non-hydrogen) atoms. The zero-order valence-electron chi connectivity index (χ0n) is 15.3. The molecule has 160 valence electrons. The van der Waals surface area contributed by atoms with E-state index in [2.05, 4.69) is 5.32 Å². The van der Waals surface area contributed by atoms with Crippen LogP contribution in [0.25, 0.3) is 0 Å². The topological polar surface area (TPSA) is 110 Å². The van der Waals surface area contributed by atoms with E-state index in [1.807, 2.05) is 0 Å². The summed E-state index contributed by atoms with van der Waals surface area (Å²) in [5, 5.41) is 13.2. The molecule has 1 saturated heterocycles. The first-order chi connectivity index (χ1) is 14.1. The molecule has 8 nitrogen and oxygen atoms in total. The van der Waals surface area contributed by atoms with E-state index in [0.29, 0.717) is 6.07 Å². The van der Waals surface area contributed by atoms with Crippen LogP contribution in [0.3, 0.4) is 0 Å². The number of rotatable bonds is 5. The summed E-state index contributed by atoms with van der Waals surface area (Å²) < 4.78 is 66.6. The monoisotopic (exact) mass is 443 g/mol. The SMILES string of the molecule is O=C(NC1CCN(S(=O)(=O)c2ccc([N+](=O)[O-])cc2)CC1)c1ccc(F)c(F)c1F. The number of benzene rings is 2. The van der Waals surface area contributed by atoms with Crippen molar-refractivity contribution in [2.24, 2.45) is 0 Å². The van der Waals surface area contributed by atoms with Crippen molar-refractivity contribution in [3.05, 3.63) is 69.5 Å². The molecule has 0 aliphatic carbocycles. The van der Waals surface area contributed by atoms with Gasteiger partial charge in [0.15, 0.2) is 17.5 Å². The van der Waals surface area contributed by atoms with Gasteiger partial charge in [-0.3, -0.25) is 14.9 Å². The Morgan fingerprint density at radius 3 is 2.20 bits per heavy atom. The van der Waals surface area contributed by atoms with Crippen molar-refractivity contribution in [2.45, 2.75) is 23.8 Å². The normalized spacial score (nSPS) is 15.7. The van der Waals surface area contributed by atoms with Crippen LogP contribution in [0.15, 0.2) is 41.3 Å². The van der Waals surface area contributed by atoms with Gasteiger partial charge in [-0.05, 0) is 37.1 Å². The first-order valence-corrected chi connectivity index (χ1v) is 10.2. The van der Waals surface area contributed by atoms with Gasteiger partial charge in [0, 0.05) is 31.3 Å². The van der Waals surface area contributed by atoms with Crippen LogP contribution >= 0.6 is 0 Å². The number of hydrogen-bond acceptors (Lipinski definition) is 5. The van der Waals surface area contributed by atoms with Crippen LogP contribution in [0, 0.1) is 27.6 Å². The van der Waals surface area contributed by atoms with Crippen molar-refractivity contribution in [3.63, 3.8) is 0 Å². The lowest BCUT2D eigenvalue weighted by Gasteiger charge is -2.31. The third-order valence-corrected chi connectivity index (χ3v) is 6.67. The van der Waals surface area contributed by atoms with E-state index in [0.717, 1.165) is 30.3 Å². The first kappa shape index (κ1) is 21.7. The zero-order valence-corrected chi connectivity index (χ0v) is 16.2. The number of nitrogens with zero attached hydrogens (tertiary/aromatic N) is 2. The lowest BCUT2D eigenvalue weighted by Crippen LogP contribution is -2.46. The van der Waals surface area contributed by atoms with E-state index >= 15 is 0 Å². The predicted molar refractivity (Wildman–Crippen MR) is 98.7 cm³/mol. The number of carbonyl (C=O) groups excluding carboxylic acids is 1. The fourth-order valence-corrected chi connectivity index (χ4v) is 4.56. The molecular weight excluding hydrogens is 427 g/mol. The third-order valence-electron chi connectivity index (χ3n) is 4.75. The number of amides is 1. The van der Waals surface area contributed by atoms with Crippen LogP contribution in [0.4, 0.5) is 18.9 Å². The fourth-order valence-electron chi connectivity index (χ4n) is 3.09. The second kappa shape index (κ2) is 8.40. The van der Waals surface area contributed by atoms with E-state index in [1.54, 1.807) is 0 Å². The third kappa shape index (κ3) is 4.28. The lowest BCUT2D eigenvalue weighted by atomic mass is 10.1. The highest BCUT2D eigenvalue weighted by Crippen LogP contribution is 2.23. The molecule has 0 spiro atoms. The number of sulfonamides is 1. The number of halogens is 3. The van der Waals surface area contributed by atoms with Gasteiger partial charge in [0.2, 0.25) is 10.0 Å². The minimum absolute atomic E-state index is 0.0462. The summed E-state index contributed by atoms with van der Waals surface area (Å²) in [6.45, 7) is 0.0923. The van der Waals surface area contributed by atoms with Gasteiger partial charge in [-0.25, -0.2) is 21.6 Å². The molecule has 1 heterocycles. The minimum Gasteiger partial charge on any atom is -0.349 e. The van der Waals surface area contributed by atoms with Crippen molar-refractivity contribution in [2.75, 3.05) is 13.1 Å². The molecule has 0 radical (unpaired) electrons. The summed E-state index contributed by atoms with van der Waals surface area (Å²) in [5.74, 6) is -5.67. The molecule has 1 aliphatic rings. The largest absolute Gasteiger partial charge is 0.349 e. The number of carbonyl (C=O) groups is 1. The summed E-state index contributed by atoms with van der Waals surface area (Å²) in [6, 6.07) is 5.46. The van der Waals surface area contributed by atoms with Gasteiger partial charge in [-0.15, -0.1) is 0 Å². The maximum atomic E-state index is 13.7. The Kier molecular flexibility index (Phi) is 6.08. The van der Waals surface area contributed by atoms with Crippen molar-refractivity contribution >= 4 is 21.6 Å². The number of piperidine rings is 1. The molecule has 0 aromatic heterocycles. The van der Waals surface area contributed by atoms with E-state index in [9.17, 15) is 36.5 Å². The molecule has 12 heteroatoms. The van der Waals surface area contributed by atoms with Crippen LogP contribution in [0.5, 0.6) is 0 Å². The standard InChI is InChI=1S/C18H16F3N3O5S/c19-15-6-5-14(16(20)17(15)21)18(25)22-11-7-9-23(10-8-11)30(28,29)13-3-1-12(2-4-13)24(26)27/h1-6,11H,7-10H2,(H,22,25). The van der Waals surface area contributed by atoms with E-state index in [4.69, 9.17) is 0 Å². The van der Waals surface area contributed by atoms with Crippen LogP contribution in [0.1, 0.15) is 23.2 Å².